The normalized spacial score (nSPS) is 12.4. The summed E-state index contributed by atoms with van der Waals surface area (Å²) < 4.78 is 44.3. The summed E-state index contributed by atoms with van der Waals surface area (Å²) in [4.78, 5) is 12.5. The fraction of sp³-hybridized carbons (Fsp3) is 0.250. The lowest BCUT2D eigenvalue weighted by molar-refractivity contribution is -0.122. The number of hydrogen-bond acceptors (Lipinski definition) is 7. The fourth-order valence-electron chi connectivity index (χ4n) is 2.63. The number of aryl methyl sites for hydroxylation is 1. The smallest absolute Gasteiger partial charge is 0.267 e. The Balaban J connectivity index is 1.70. The number of para-hydroxylation sites is 1. The van der Waals surface area contributed by atoms with Gasteiger partial charge < -0.3 is 4.74 Å². The quantitative estimate of drug-likeness (QED) is 0.526. The van der Waals surface area contributed by atoms with Crippen LogP contribution in [0, 0.1) is 12.7 Å². The molecule has 1 amide bonds. The van der Waals surface area contributed by atoms with E-state index in [1.165, 1.54) is 18.2 Å². The third kappa shape index (κ3) is 5.19. The van der Waals surface area contributed by atoms with E-state index in [2.05, 4.69) is 15.5 Å². The maximum absolute atomic E-state index is 13.8. The van der Waals surface area contributed by atoms with Gasteiger partial charge in [-0.2, -0.15) is 0 Å². The number of amides is 1. The molecule has 3 aromatic rings. The molecule has 3 rings (SSSR count). The molecule has 0 aliphatic carbocycles. The van der Waals surface area contributed by atoms with Crippen molar-refractivity contribution in [1.29, 1.82) is 0 Å². The van der Waals surface area contributed by atoms with Crippen molar-refractivity contribution < 1.29 is 22.3 Å². The van der Waals surface area contributed by atoms with Gasteiger partial charge in [-0.1, -0.05) is 54.7 Å². The molecule has 1 heterocycles. The van der Waals surface area contributed by atoms with Crippen molar-refractivity contribution in [2.75, 3.05) is 5.32 Å². The lowest BCUT2D eigenvalue weighted by Gasteiger charge is -2.16. The second kappa shape index (κ2) is 9.31. The van der Waals surface area contributed by atoms with Crippen LogP contribution in [0.2, 0.25) is 0 Å². The Bertz CT molecular complexity index is 1150. The van der Waals surface area contributed by atoms with E-state index < -0.39 is 27.7 Å². The molecule has 0 fully saturated rings. The predicted molar refractivity (Wildman–Crippen MR) is 112 cm³/mol. The summed E-state index contributed by atoms with van der Waals surface area (Å²) in [7, 11) is -3.72. The van der Waals surface area contributed by atoms with Crippen LogP contribution in [0.15, 0.2) is 52.9 Å². The average molecular weight is 450 g/mol. The van der Waals surface area contributed by atoms with Gasteiger partial charge >= 0.3 is 0 Å². The van der Waals surface area contributed by atoms with Gasteiger partial charge in [0.25, 0.3) is 5.91 Å². The average Bonchev–Trinajstić information content (AvgIpc) is 3.18. The maximum Gasteiger partial charge on any atom is 0.267 e. The Morgan fingerprint density at radius 2 is 1.87 bits per heavy atom. The zero-order chi connectivity index (χ0) is 21.7. The second-order valence-corrected chi connectivity index (χ2v) is 9.63. The van der Waals surface area contributed by atoms with Gasteiger partial charge in [0.05, 0.1) is 5.75 Å². The van der Waals surface area contributed by atoms with E-state index in [4.69, 9.17) is 4.74 Å². The number of nitrogens with one attached hydrogen (secondary N) is 1. The molecule has 0 radical (unpaired) electrons. The van der Waals surface area contributed by atoms with E-state index in [1.807, 2.05) is 19.1 Å². The first-order valence-electron chi connectivity index (χ1n) is 9.13. The molecule has 0 saturated carbocycles. The molecule has 2 aromatic carbocycles. The molecule has 0 saturated heterocycles. The molecule has 30 heavy (non-hydrogen) atoms. The summed E-state index contributed by atoms with van der Waals surface area (Å²) in [6, 6.07) is 12.9. The molecule has 1 aromatic heterocycles. The largest absolute Gasteiger partial charge is 0.478 e. The number of hydrogen-bond donors (Lipinski definition) is 1. The lowest BCUT2D eigenvalue weighted by atomic mass is 10.1. The van der Waals surface area contributed by atoms with Crippen LogP contribution < -0.4 is 10.1 Å². The number of nitrogens with zero attached hydrogens (tertiary/aromatic N) is 2. The van der Waals surface area contributed by atoms with E-state index >= 15 is 0 Å². The summed E-state index contributed by atoms with van der Waals surface area (Å²) in [5, 5.41) is 9.99. The fourth-order valence-corrected chi connectivity index (χ4v) is 5.05. The number of benzene rings is 2. The molecule has 0 aliphatic heterocycles. The van der Waals surface area contributed by atoms with E-state index in [1.54, 1.807) is 25.1 Å². The van der Waals surface area contributed by atoms with E-state index in [0.29, 0.717) is 5.56 Å². The summed E-state index contributed by atoms with van der Waals surface area (Å²) in [5.41, 5.74) is 1.53. The van der Waals surface area contributed by atoms with E-state index in [9.17, 15) is 17.6 Å². The molecule has 1 unspecified atom stereocenters. The van der Waals surface area contributed by atoms with Crippen molar-refractivity contribution in [3.63, 3.8) is 0 Å². The Morgan fingerprint density at radius 1 is 1.17 bits per heavy atom. The minimum Gasteiger partial charge on any atom is -0.478 e. The summed E-state index contributed by atoms with van der Waals surface area (Å²) >= 11 is 0.759. The number of sulfone groups is 1. The summed E-state index contributed by atoms with van der Waals surface area (Å²) in [5.74, 6) is -1.40. The minimum absolute atomic E-state index is 0.0268. The van der Waals surface area contributed by atoms with Crippen LogP contribution in [0.4, 0.5) is 9.52 Å². The molecule has 1 atom stereocenters. The number of ether oxygens (including phenoxy) is 1. The number of carbonyl (C=O) groups excluding carboxylic acids is 1. The first-order chi connectivity index (χ1) is 14.3. The van der Waals surface area contributed by atoms with Gasteiger partial charge in [0.1, 0.15) is 0 Å². The van der Waals surface area contributed by atoms with Gasteiger partial charge in [0, 0.05) is 0 Å². The van der Waals surface area contributed by atoms with Gasteiger partial charge in [-0.05, 0) is 36.6 Å². The first kappa shape index (κ1) is 21.8. The topological polar surface area (TPSA) is 98.2 Å². The van der Waals surface area contributed by atoms with Crippen molar-refractivity contribution in [2.24, 2.45) is 0 Å². The maximum atomic E-state index is 13.8. The Morgan fingerprint density at radius 3 is 2.57 bits per heavy atom. The number of halogens is 1. The molecular formula is C20H20FN3O4S2. The van der Waals surface area contributed by atoms with Crippen LogP contribution in [0.25, 0.3) is 0 Å². The number of aromatic nitrogens is 2. The monoisotopic (exact) mass is 449 g/mol. The van der Waals surface area contributed by atoms with E-state index in [0.717, 1.165) is 16.9 Å². The van der Waals surface area contributed by atoms with Gasteiger partial charge in [0.15, 0.2) is 17.7 Å². The van der Waals surface area contributed by atoms with Gasteiger partial charge in [-0.15, -0.1) is 10.2 Å². The van der Waals surface area contributed by atoms with Crippen LogP contribution in [-0.4, -0.2) is 30.6 Å². The van der Waals surface area contributed by atoms with Crippen LogP contribution in [0.5, 0.6) is 5.75 Å². The predicted octanol–water partition coefficient (Wildman–Crippen LogP) is 3.76. The molecule has 7 nitrogen and oxygen atoms in total. The Kier molecular flexibility index (Phi) is 6.78. The summed E-state index contributed by atoms with van der Waals surface area (Å²) in [6.07, 6.45) is -0.699. The van der Waals surface area contributed by atoms with Crippen molar-refractivity contribution in [1.82, 2.24) is 10.2 Å². The zero-order valence-corrected chi connectivity index (χ0v) is 18.0. The summed E-state index contributed by atoms with van der Waals surface area (Å²) in [6.45, 7) is 3.54. The highest BCUT2D eigenvalue weighted by molar-refractivity contribution is 7.92. The van der Waals surface area contributed by atoms with Crippen molar-refractivity contribution in [2.45, 2.75) is 36.5 Å². The minimum atomic E-state index is -3.72. The Hall–Kier alpha value is -2.85. The molecule has 1 N–H and O–H groups in total. The van der Waals surface area contributed by atoms with Crippen molar-refractivity contribution in [3.8, 4) is 5.75 Å². The van der Waals surface area contributed by atoms with Crippen LogP contribution in [-0.2, 0) is 20.4 Å². The Labute approximate surface area is 177 Å². The molecule has 0 bridgehead atoms. The second-order valence-electron chi connectivity index (χ2n) is 6.49. The highest BCUT2D eigenvalue weighted by Gasteiger charge is 2.25. The number of carbonyl (C=O) groups is 1. The number of anilines is 1. The number of rotatable bonds is 8. The molecule has 158 valence electrons. The van der Waals surface area contributed by atoms with Gasteiger partial charge in [-0.25, -0.2) is 12.8 Å². The highest BCUT2D eigenvalue weighted by Crippen LogP contribution is 2.25. The molecule has 0 spiro atoms. The third-order valence-electron chi connectivity index (χ3n) is 4.28. The molecular weight excluding hydrogens is 429 g/mol. The van der Waals surface area contributed by atoms with Crippen LogP contribution >= 0.6 is 11.3 Å². The standard InChI is InChI=1S/C20H20FN3O4S2/c1-3-16(28-17-11-7-6-10-15(17)21)18(25)22-19-23-24-20(29-19)30(26,27)12-14-9-5-4-8-13(14)2/h4-11,16H,3,12H2,1-2H3,(H,22,23,25). The van der Waals surface area contributed by atoms with Gasteiger partial charge in [0.2, 0.25) is 19.3 Å². The first-order valence-corrected chi connectivity index (χ1v) is 11.6. The third-order valence-corrected chi connectivity index (χ3v) is 7.23. The van der Waals surface area contributed by atoms with Crippen molar-refractivity contribution >= 4 is 32.2 Å². The zero-order valence-electron chi connectivity index (χ0n) is 16.3. The van der Waals surface area contributed by atoms with Gasteiger partial charge in [-0.3, -0.25) is 10.1 Å². The van der Waals surface area contributed by atoms with E-state index in [-0.39, 0.29) is 27.4 Å². The lowest BCUT2D eigenvalue weighted by Crippen LogP contribution is -2.32. The van der Waals surface area contributed by atoms with Crippen molar-refractivity contribution in [3.05, 3.63) is 65.5 Å². The molecule has 0 aliphatic rings. The van der Waals surface area contributed by atoms with Crippen LogP contribution in [0.3, 0.4) is 0 Å². The SMILES string of the molecule is CCC(Oc1ccccc1F)C(=O)Nc1nnc(S(=O)(=O)Cc2ccccc2C)s1. The molecule has 10 heteroatoms. The van der Waals surface area contributed by atoms with Crippen LogP contribution in [0.1, 0.15) is 24.5 Å². The highest BCUT2D eigenvalue weighted by atomic mass is 32.2.